The third-order valence-corrected chi connectivity index (χ3v) is 6.55. The quantitative estimate of drug-likeness (QED) is 0.647. The Bertz CT molecular complexity index is 1010. The van der Waals surface area contributed by atoms with Gasteiger partial charge in [0, 0.05) is 6.54 Å². The number of benzene rings is 2. The molecule has 2 aromatic carbocycles. The molecule has 0 saturated carbocycles. The Kier molecular flexibility index (Phi) is 4.02. The summed E-state index contributed by atoms with van der Waals surface area (Å²) < 4.78 is 1.19. The predicted octanol–water partition coefficient (Wildman–Crippen LogP) is 4.01. The van der Waals surface area contributed by atoms with Gasteiger partial charge in [0.1, 0.15) is 5.01 Å². The molecule has 5 rings (SSSR count). The Balaban J connectivity index is 1.46. The lowest BCUT2D eigenvalue weighted by molar-refractivity contribution is -0.114. The van der Waals surface area contributed by atoms with Gasteiger partial charge in [-0.2, -0.15) is 0 Å². The van der Waals surface area contributed by atoms with E-state index in [0.717, 1.165) is 42.0 Å². The van der Waals surface area contributed by atoms with Crippen LogP contribution in [0.5, 0.6) is 0 Å². The molecular weight excluding hydrogens is 358 g/mol. The van der Waals surface area contributed by atoms with Crippen LogP contribution in [0.2, 0.25) is 0 Å². The summed E-state index contributed by atoms with van der Waals surface area (Å²) in [5.41, 5.74) is 2.26. The van der Waals surface area contributed by atoms with Crippen LogP contribution < -0.4 is 4.90 Å². The summed E-state index contributed by atoms with van der Waals surface area (Å²) >= 11 is 1.73. The van der Waals surface area contributed by atoms with Gasteiger partial charge in [-0.15, -0.1) is 11.3 Å². The van der Waals surface area contributed by atoms with E-state index in [4.69, 9.17) is 4.98 Å². The number of rotatable bonds is 3. The maximum Gasteiger partial charge on any atom is 0.300 e. The molecular formula is C21H19N3O2S. The highest BCUT2D eigenvalue weighted by Gasteiger charge is 2.38. The fourth-order valence-corrected chi connectivity index (χ4v) is 5.18. The third-order valence-electron chi connectivity index (χ3n) is 5.41. The monoisotopic (exact) mass is 377 g/mol. The number of hydrogen-bond donors (Lipinski definition) is 0. The molecule has 136 valence electrons. The van der Waals surface area contributed by atoms with Gasteiger partial charge in [-0.25, -0.2) is 4.98 Å². The molecule has 0 N–H and O–H groups in total. The van der Waals surface area contributed by atoms with Gasteiger partial charge in [-0.3, -0.25) is 19.4 Å². The van der Waals surface area contributed by atoms with E-state index in [1.807, 2.05) is 30.3 Å². The Hall–Kier alpha value is -2.57. The van der Waals surface area contributed by atoms with Crippen molar-refractivity contribution in [3.05, 3.63) is 59.1 Å². The topological polar surface area (TPSA) is 53.5 Å². The SMILES string of the molecule is O=C1C(=O)N(CN2CCCC[C@@H]2c2nc3ccccc3s2)c2ccccc21. The van der Waals surface area contributed by atoms with E-state index in [1.165, 1.54) is 4.70 Å². The lowest BCUT2D eigenvalue weighted by atomic mass is 10.0. The summed E-state index contributed by atoms with van der Waals surface area (Å²) in [6.45, 7) is 1.34. The Morgan fingerprint density at radius 3 is 2.74 bits per heavy atom. The first-order valence-corrected chi connectivity index (χ1v) is 10.1. The third kappa shape index (κ3) is 2.76. The first kappa shape index (κ1) is 16.6. The van der Waals surface area contributed by atoms with Gasteiger partial charge in [-0.05, 0) is 37.1 Å². The van der Waals surface area contributed by atoms with E-state index in [9.17, 15) is 9.59 Å². The first-order valence-electron chi connectivity index (χ1n) is 9.27. The lowest BCUT2D eigenvalue weighted by Gasteiger charge is -2.36. The Morgan fingerprint density at radius 1 is 1.04 bits per heavy atom. The van der Waals surface area contributed by atoms with Crippen LogP contribution in [0, 0.1) is 0 Å². The van der Waals surface area contributed by atoms with E-state index in [1.54, 1.807) is 28.4 Å². The highest BCUT2D eigenvalue weighted by atomic mass is 32.1. The molecule has 1 saturated heterocycles. The minimum atomic E-state index is -0.426. The van der Waals surface area contributed by atoms with E-state index in [2.05, 4.69) is 11.0 Å². The second-order valence-electron chi connectivity index (χ2n) is 7.06. The number of hydrogen-bond acceptors (Lipinski definition) is 5. The molecule has 27 heavy (non-hydrogen) atoms. The van der Waals surface area contributed by atoms with E-state index < -0.39 is 11.7 Å². The molecule has 0 radical (unpaired) electrons. The first-order chi connectivity index (χ1) is 13.2. The minimum Gasteiger partial charge on any atom is -0.291 e. The van der Waals surface area contributed by atoms with Crippen LogP contribution in [0.4, 0.5) is 5.69 Å². The van der Waals surface area contributed by atoms with Crippen molar-refractivity contribution in [3.8, 4) is 0 Å². The summed E-state index contributed by atoms with van der Waals surface area (Å²) in [5.74, 6) is -0.830. The van der Waals surface area contributed by atoms with Gasteiger partial charge < -0.3 is 0 Å². The maximum atomic E-state index is 12.6. The molecule has 0 bridgehead atoms. The van der Waals surface area contributed by atoms with Crippen molar-refractivity contribution in [2.45, 2.75) is 25.3 Å². The van der Waals surface area contributed by atoms with E-state index in [0.29, 0.717) is 12.2 Å². The number of Topliss-reactive ketones (excluding diaryl/α,β-unsaturated/α-hetero) is 1. The number of nitrogens with zero attached hydrogens (tertiary/aromatic N) is 3. The van der Waals surface area contributed by atoms with Crippen molar-refractivity contribution in [3.63, 3.8) is 0 Å². The molecule has 3 aromatic rings. The molecule has 3 heterocycles. The van der Waals surface area contributed by atoms with Crippen molar-refractivity contribution in [1.29, 1.82) is 0 Å². The Morgan fingerprint density at radius 2 is 1.85 bits per heavy atom. The molecule has 1 fully saturated rings. The second kappa shape index (κ2) is 6.55. The number of ketones is 1. The zero-order valence-corrected chi connectivity index (χ0v) is 15.6. The van der Waals surface area contributed by atoms with Crippen molar-refractivity contribution in [2.75, 3.05) is 18.1 Å². The molecule has 2 aliphatic heterocycles. The number of amides is 1. The summed E-state index contributed by atoms with van der Waals surface area (Å²) in [6, 6.07) is 15.6. The number of aromatic nitrogens is 1. The summed E-state index contributed by atoms with van der Waals surface area (Å²) in [6.07, 6.45) is 3.27. The average Bonchev–Trinajstić information content (AvgIpc) is 3.24. The van der Waals surface area contributed by atoms with Crippen LogP contribution in [0.15, 0.2) is 48.5 Å². The molecule has 6 heteroatoms. The van der Waals surface area contributed by atoms with Crippen LogP contribution in [-0.4, -0.2) is 34.8 Å². The average molecular weight is 377 g/mol. The molecule has 5 nitrogen and oxygen atoms in total. The fraction of sp³-hybridized carbons (Fsp3) is 0.286. The molecule has 0 aliphatic carbocycles. The van der Waals surface area contributed by atoms with Gasteiger partial charge in [0.05, 0.1) is 34.2 Å². The summed E-state index contributed by atoms with van der Waals surface area (Å²) in [7, 11) is 0. The van der Waals surface area contributed by atoms with Crippen molar-refractivity contribution in [2.24, 2.45) is 0 Å². The van der Waals surface area contributed by atoms with Gasteiger partial charge in [-0.1, -0.05) is 30.7 Å². The second-order valence-corrected chi connectivity index (χ2v) is 8.13. The predicted molar refractivity (Wildman–Crippen MR) is 106 cm³/mol. The number of thiazole rings is 1. The number of carbonyl (C=O) groups excluding carboxylic acids is 2. The van der Waals surface area contributed by atoms with Gasteiger partial charge in [0.25, 0.3) is 5.78 Å². The van der Waals surface area contributed by atoms with Gasteiger partial charge in [0.15, 0.2) is 0 Å². The smallest absolute Gasteiger partial charge is 0.291 e. The number of anilines is 1. The normalized spacial score (nSPS) is 20.4. The van der Waals surface area contributed by atoms with E-state index >= 15 is 0 Å². The van der Waals surface area contributed by atoms with Crippen molar-refractivity contribution >= 4 is 38.9 Å². The van der Waals surface area contributed by atoms with Crippen LogP contribution >= 0.6 is 11.3 Å². The van der Waals surface area contributed by atoms with Gasteiger partial charge in [0.2, 0.25) is 0 Å². The van der Waals surface area contributed by atoms with Crippen molar-refractivity contribution < 1.29 is 9.59 Å². The van der Waals surface area contributed by atoms with Crippen LogP contribution in [0.1, 0.15) is 40.7 Å². The minimum absolute atomic E-state index is 0.187. The van der Waals surface area contributed by atoms with Crippen LogP contribution in [0.3, 0.4) is 0 Å². The maximum absolute atomic E-state index is 12.6. The molecule has 0 spiro atoms. The van der Waals surface area contributed by atoms with Crippen LogP contribution in [0.25, 0.3) is 10.2 Å². The number of carbonyl (C=O) groups is 2. The molecule has 1 atom stereocenters. The zero-order chi connectivity index (χ0) is 18.4. The highest BCUT2D eigenvalue weighted by Crippen LogP contribution is 2.37. The number of para-hydroxylation sites is 2. The standard InChI is InChI=1S/C21H19N3O2S/c25-19-14-7-1-3-9-16(14)24(21(19)26)13-23-12-6-5-10-17(23)20-22-15-8-2-4-11-18(15)27-20/h1-4,7-9,11,17H,5-6,10,12-13H2/t17-/m1/s1. The number of piperidine rings is 1. The van der Waals surface area contributed by atoms with Crippen molar-refractivity contribution in [1.82, 2.24) is 9.88 Å². The molecule has 1 aromatic heterocycles. The van der Waals surface area contributed by atoms with Gasteiger partial charge >= 0.3 is 5.91 Å². The number of fused-ring (bicyclic) bond motifs is 2. The largest absolute Gasteiger partial charge is 0.300 e. The summed E-state index contributed by atoms with van der Waals surface area (Å²) in [5, 5.41) is 1.10. The summed E-state index contributed by atoms with van der Waals surface area (Å²) in [4.78, 5) is 33.6. The Labute approximate surface area is 161 Å². The molecule has 2 aliphatic rings. The lowest BCUT2D eigenvalue weighted by Crippen LogP contribution is -2.44. The molecule has 0 unspecified atom stereocenters. The highest BCUT2D eigenvalue weighted by molar-refractivity contribution is 7.18. The van der Waals surface area contributed by atoms with Crippen LogP contribution in [-0.2, 0) is 4.79 Å². The fourth-order valence-electron chi connectivity index (χ4n) is 4.04. The molecule has 1 amide bonds. The number of likely N-dealkylation sites (tertiary alicyclic amines) is 1. The van der Waals surface area contributed by atoms with E-state index in [-0.39, 0.29) is 6.04 Å². The zero-order valence-electron chi connectivity index (χ0n) is 14.8.